The van der Waals surface area contributed by atoms with Crippen molar-refractivity contribution in [2.75, 3.05) is 6.61 Å². The highest BCUT2D eigenvalue weighted by Gasteiger charge is 2.10. The third-order valence-corrected chi connectivity index (χ3v) is 2.98. The van der Waals surface area contributed by atoms with Gasteiger partial charge in [0, 0.05) is 6.42 Å². The first kappa shape index (κ1) is 13.6. The van der Waals surface area contributed by atoms with Crippen LogP contribution in [0.4, 0.5) is 0 Å². The van der Waals surface area contributed by atoms with E-state index < -0.39 is 0 Å². The van der Waals surface area contributed by atoms with Crippen molar-refractivity contribution < 1.29 is 4.74 Å². The fourth-order valence-corrected chi connectivity index (χ4v) is 2.02. The minimum atomic E-state index is 0.483. The largest absolute Gasteiger partial charge is 0.494 e. The summed E-state index contributed by atoms with van der Waals surface area (Å²) in [7, 11) is 0. The highest BCUT2D eigenvalue weighted by molar-refractivity contribution is 5.43. The Morgan fingerprint density at radius 2 is 1.94 bits per heavy atom. The molecule has 0 aliphatic heterocycles. The molecule has 0 aliphatic carbocycles. The molecular weight excluding hydrogens is 208 g/mol. The molecule has 1 nitrogen and oxygen atoms in total. The lowest BCUT2D eigenvalue weighted by molar-refractivity contribution is 0.337. The third kappa shape index (κ3) is 3.53. The highest BCUT2D eigenvalue weighted by Crippen LogP contribution is 2.29. The predicted molar refractivity (Wildman–Crippen MR) is 73.6 cm³/mol. The van der Waals surface area contributed by atoms with E-state index in [1.807, 2.05) is 13.8 Å². The van der Waals surface area contributed by atoms with Crippen LogP contribution in [-0.2, 0) is 0 Å². The molecule has 0 radical (unpaired) electrons. The van der Waals surface area contributed by atoms with E-state index in [2.05, 4.69) is 44.7 Å². The summed E-state index contributed by atoms with van der Waals surface area (Å²) in [6.45, 7) is 11.1. The highest BCUT2D eigenvalue weighted by atomic mass is 16.5. The maximum absolute atomic E-state index is 5.61. The Hall–Kier alpha value is -1.42. The van der Waals surface area contributed by atoms with Crippen LogP contribution in [0, 0.1) is 25.7 Å². The molecule has 0 fully saturated rings. The molecule has 0 bridgehead atoms. The standard InChI is InChI=1S/C16H22O/c1-6-8-9-12(3)15-10-14(5)16(17-7-2)11-13(15)4/h10-12H,7,9H2,1-5H3. The van der Waals surface area contributed by atoms with Crippen molar-refractivity contribution in [3.05, 3.63) is 28.8 Å². The van der Waals surface area contributed by atoms with E-state index in [1.54, 1.807) is 0 Å². The molecule has 1 rings (SSSR count). The minimum absolute atomic E-state index is 0.483. The Morgan fingerprint density at radius 1 is 1.24 bits per heavy atom. The summed E-state index contributed by atoms with van der Waals surface area (Å²) in [5.74, 6) is 7.60. The van der Waals surface area contributed by atoms with Crippen LogP contribution in [0.3, 0.4) is 0 Å². The smallest absolute Gasteiger partial charge is 0.122 e. The maximum atomic E-state index is 5.61. The van der Waals surface area contributed by atoms with Gasteiger partial charge in [0.25, 0.3) is 0 Å². The Kier molecular flexibility index (Phi) is 5.10. The number of aryl methyl sites for hydroxylation is 2. The number of rotatable bonds is 4. The first-order chi connectivity index (χ1) is 8.10. The van der Waals surface area contributed by atoms with Crippen molar-refractivity contribution in [1.82, 2.24) is 0 Å². The van der Waals surface area contributed by atoms with Crippen molar-refractivity contribution in [2.45, 2.75) is 47.0 Å². The fraction of sp³-hybridized carbons (Fsp3) is 0.500. The van der Waals surface area contributed by atoms with Gasteiger partial charge in [-0.15, -0.1) is 11.8 Å². The summed E-state index contributed by atoms with van der Waals surface area (Å²) in [6, 6.07) is 4.38. The van der Waals surface area contributed by atoms with Gasteiger partial charge in [0.1, 0.15) is 5.75 Å². The number of benzene rings is 1. The van der Waals surface area contributed by atoms with Gasteiger partial charge < -0.3 is 4.74 Å². The van der Waals surface area contributed by atoms with E-state index in [0.29, 0.717) is 5.92 Å². The molecule has 1 heteroatoms. The van der Waals surface area contributed by atoms with Crippen molar-refractivity contribution in [1.29, 1.82) is 0 Å². The van der Waals surface area contributed by atoms with Gasteiger partial charge in [-0.05, 0) is 56.4 Å². The van der Waals surface area contributed by atoms with Gasteiger partial charge in [0.2, 0.25) is 0 Å². The van der Waals surface area contributed by atoms with Crippen molar-refractivity contribution in [3.8, 4) is 17.6 Å². The minimum Gasteiger partial charge on any atom is -0.494 e. The van der Waals surface area contributed by atoms with E-state index in [0.717, 1.165) is 18.8 Å². The Balaban J connectivity index is 3.00. The molecule has 0 spiro atoms. The quantitative estimate of drug-likeness (QED) is 0.704. The van der Waals surface area contributed by atoms with Gasteiger partial charge in [-0.2, -0.15) is 0 Å². The lowest BCUT2D eigenvalue weighted by Crippen LogP contribution is -2.00. The summed E-state index contributed by atoms with van der Waals surface area (Å²) >= 11 is 0. The Labute approximate surface area is 105 Å². The maximum Gasteiger partial charge on any atom is 0.122 e. The van der Waals surface area contributed by atoms with Gasteiger partial charge >= 0.3 is 0 Å². The zero-order valence-electron chi connectivity index (χ0n) is 11.6. The van der Waals surface area contributed by atoms with Crippen LogP contribution in [-0.4, -0.2) is 6.61 Å². The van der Waals surface area contributed by atoms with Gasteiger partial charge in [0.15, 0.2) is 0 Å². The molecule has 1 aromatic rings. The van der Waals surface area contributed by atoms with Crippen LogP contribution in [0.1, 0.15) is 49.8 Å². The molecule has 92 valence electrons. The molecule has 0 aromatic heterocycles. The van der Waals surface area contributed by atoms with Gasteiger partial charge in [-0.25, -0.2) is 0 Å². The molecule has 0 aliphatic rings. The molecule has 1 aromatic carbocycles. The molecule has 1 unspecified atom stereocenters. The lowest BCUT2D eigenvalue weighted by Gasteiger charge is -2.16. The predicted octanol–water partition coefficient (Wildman–Crippen LogP) is 4.22. The molecule has 1 atom stereocenters. The molecule has 0 saturated heterocycles. The molecule has 0 amide bonds. The van der Waals surface area contributed by atoms with Crippen molar-refractivity contribution in [3.63, 3.8) is 0 Å². The average molecular weight is 230 g/mol. The lowest BCUT2D eigenvalue weighted by atomic mass is 9.92. The summed E-state index contributed by atoms with van der Waals surface area (Å²) in [6.07, 6.45) is 0.921. The Bertz CT molecular complexity index is 435. The normalized spacial score (nSPS) is 11.6. The van der Waals surface area contributed by atoms with Crippen LogP contribution in [0.5, 0.6) is 5.75 Å². The summed E-state index contributed by atoms with van der Waals surface area (Å²) < 4.78 is 5.61. The monoisotopic (exact) mass is 230 g/mol. The van der Waals surface area contributed by atoms with E-state index in [9.17, 15) is 0 Å². The van der Waals surface area contributed by atoms with E-state index in [1.165, 1.54) is 16.7 Å². The van der Waals surface area contributed by atoms with Crippen LogP contribution in [0.15, 0.2) is 12.1 Å². The SMILES string of the molecule is CC#CCC(C)c1cc(C)c(OCC)cc1C. The van der Waals surface area contributed by atoms with Crippen LogP contribution in [0.25, 0.3) is 0 Å². The summed E-state index contributed by atoms with van der Waals surface area (Å²) in [4.78, 5) is 0. The molecule has 0 heterocycles. The first-order valence-electron chi connectivity index (χ1n) is 6.23. The molecular formula is C16H22O. The molecule has 17 heavy (non-hydrogen) atoms. The number of hydrogen-bond donors (Lipinski definition) is 0. The van der Waals surface area contributed by atoms with Crippen molar-refractivity contribution >= 4 is 0 Å². The van der Waals surface area contributed by atoms with E-state index >= 15 is 0 Å². The van der Waals surface area contributed by atoms with E-state index in [-0.39, 0.29) is 0 Å². The molecule has 0 N–H and O–H groups in total. The first-order valence-corrected chi connectivity index (χ1v) is 6.23. The number of ether oxygens (including phenoxy) is 1. The van der Waals surface area contributed by atoms with Crippen molar-refractivity contribution in [2.24, 2.45) is 0 Å². The third-order valence-electron chi connectivity index (χ3n) is 2.98. The Morgan fingerprint density at radius 3 is 2.53 bits per heavy atom. The topological polar surface area (TPSA) is 9.23 Å². The average Bonchev–Trinajstić information content (AvgIpc) is 2.30. The van der Waals surface area contributed by atoms with Crippen LogP contribution >= 0.6 is 0 Å². The summed E-state index contributed by atoms with van der Waals surface area (Å²) in [5.41, 5.74) is 3.89. The fourth-order valence-electron chi connectivity index (χ4n) is 2.02. The van der Waals surface area contributed by atoms with Gasteiger partial charge in [-0.1, -0.05) is 13.0 Å². The zero-order chi connectivity index (χ0) is 12.8. The second kappa shape index (κ2) is 6.35. The van der Waals surface area contributed by atoms with Gasteiger partial charge in [-0.3, -0.25) is 0 Å². The molecule has 0 saturated carbocycles. The second-order valence-corrected chi connectivity index (χ2v) is 4.44. The number of hydrogen-bond acceptors (Lipinski definition) is 1. The van der Waals surface area contributed by atoms with Crippen LogP contribution in [0.2, 0.25) is 0 Å². The van der Waals surface area contributed by atoms with Crippen LogP contribution < -0.4 is 4.74 Å². The van der Waals surface area contributed by atoms with Gasteiger partial charge in [0.05, 0.1) is 6.61 Å². The zero-order valence-corrected chi connectivity index (χ0v) is 11.6. The summed E-state index contributed by atoms with van der Waals surface area (Å²) in [5, 5.41) is 0. The van der Waals surface area contributed by atoms with E-state index in [4.69, 9.17) is 4.74 Å². The second-order valence-electron chi connectivity index (χ2n) is 4.44.